The summed E-state index contributed by atoms with van der Waals surface area (Å²) < 4.78 is 54.7. The Morgan fingerprint density at radius 2 is 1.76 bits per heavy atom. The van der Waals surface area contributed by atoms with Crippen LogP contribution in [0.2, 0.25) is 0 Å². The zero-order valence-corrected chi connectivity index (χ0v) is 20.4. The Labute approximate surface area is 211 Å². The second-order valence-corrected chi connectivity index (χ2v) is 9.46. The second-order valence-electron chi connectivity index (χ2n) is 9.46. The highest BCUT2D eigenvalue weighted by atomic mass is 19.4. The van der Waals surface area contributed by atoms with E-state index >= 15 is 0 Å². The molecule has 2 N–H and O–H groups in total. The van der Waals surface area contributed by atoms with Gasteiger partial charge in [0.05, 0.1) is 29.4 Å². The lowest BCUT2D eigenvalue weighted by molar-refractivity contribution is -0.138. The molecule has 0 radical (unpaired) electrons. The average Bonchev–Trinajstić information content (AvgIpc) is 3.17. The molecule has 0 aromatic heterocycles. The van der Waals surface area contributed by atoms with Gasteiger partial charge in [0.1, 0.15) is 11.9 Å². The van der Waals surface area contributed by atoms with Gasteiger partial charge in [-0.05, 0) is 48.2 Å². The quantitative estimate of drug-likeness (QED) is 0.545. The van der Waals surface area contributed by atoms with Gasteiger partial charge in [0.25, 0.3) is 5.91 Å². The van der Waals surface area contributed by atoms with Gasteiger partial charge in [-0.25, -0.2) is 9.18 Å². The van der Waals surface area contributed by atoms with E-state index in [1.165, 1.54) is 59.3 Å². The molecule has 0 saturated carbocycles. The molecule has 0 aliphatic carbocycles. The number of urea groups is 1. The normalized spacial score (nSPS) is 18.8. The molecule has 196 valence electrons. The molecule has 2 aliphatic rings. The lowest BCUT2D eigenvalue weighted by Gasteiger charge is -2.32. The van der Waals surface area contributed by atoms with Crippen LogP contribution in [0.5, 0.6) is 0 Å². The molecule has 2 aromatic carbocycles. The molecule has 2 unspecified atom stereocenters. The second kappa shape index (κ2) is 9.87. The van der Waals surface area contributed by atoms with Crippen molar-refractivity contribution in [1.29, 1.82) is 0 Å². The lowest BCUT2D eigenvalue weighted by Crippen LogP contribution is -2.47. The number of amides is 4. The summed E-state index contributed by atoms with van der Waals surface area (Å²) >= 11 is 0. The minimum absolute atomic E-state index is 0.0119. The Hall–Kier alpha value is -3.89. The topological polar surface area (TPSA) is 81.8 Å². The molecule has 11 heteroatoms. The zero-order valence-electron chi connectivity index (χ0n) is 20.4. The number of carbonyl (C=O) groups is 3. The van der Waals surface area contributed by atoms with Crippen LogP contribution >= 0.6 is 0 Å². The van der Waals surface area contributed by atoms with Crippen molar-refractivity contribution in [3.05, 3.63) is 76.7 Å². The summed E-state index contributed by atoms with van der Waals surface area (Å²) in [6.07, 6.45) is -4.45. The molecule has 2 heterocycles. The predicted molar refractivity (Wildman–Crippen MR) is 127 cm³/mol. The number of likely N-dealkylation sites (N-methyl/N-ethyl adjacent to an activating group) is 1. The summed E-state index contributed by atoms with van der Waals surface area (Å²) in [7, 11) is 1.42. The standard InChI is InChI=1S/C26H26F4N4O3/c1-14(2)12-19(23(35)31-16-10-8-15(27)9-11-16)34-13-20-21(24(34)36)22(32-25(37)33(20)3)17-6-4-5-7-18(17)26(28,29)30/h4-11,14,19,22H,12-13H2,1-3H3,(H,31,35)(H,32,37). The first-order chi connectivity index (χ1) is 17.4. The van der Waals surface area contributed by atoms with Gasteiger partial charge in [-0.1, -0.05) is 32.0 Å². The number of alkyl halides is 3. The Bertz CT molecular complexity index is 1260. The maximum atomic E-state index is 13.8. The van der Waals surface area contributed by atoms with Crippen LogP contribution in [0.25, 0.3) is 0 Å². The van der Waals surface area contributed by atoms with Gasteiger partial charge in [0.2, 0.25) is 5.91 Å². The molecule has 2 aliphatic heterocycles. The lowest BCUT2D eigenvalue weighted by atomic mass is 9.91. The van der Waals surface area contributed by atoms with Crippen molar-refractivity contribution in [2.75, 3.05) is 18.9 Å². The van der Waals surface area contributed by atoms with Gasteiger partial charge in [0, 0.05) is 12.7 Å². The van der Waals surface area contributed by atoms with E-state index in [1.807, 2.05) is 13.8 Å². The number of nitrogens with one attached hydrogen (secondary N) is 2. The minimum Gasteiger partial charge on any atom is -0.326 e. The summed E-state index contributed by atoms with van der Waals surface area (Å²) in [6.45, 7) is 3.61. The fourth-order valence-corrected chi connectivity index (χ4v) is 4.66. The molecule has 0 spiro atoms. The first-order valence-corrected chi connectivity index (χ1v) is 11.7. The number of hydrogen-bond donors (Lipinski definition) is 2. The van der Waals surface area contributed by atoms with Crippen LogP contribution in [0.4, 0.5) is 28.0 Å². The Kier molecular flexibility index (Phi) is 6.98. The number of rotatable bonds is 6. The van der Waals surface area contributed by atoms with Crippen LogP contribution in [-0.2, 0) is 15.8 Å². The fraction of sp³-hybridized carbons (Fsp3) is 0.346. The zero-order chi connectivity index (χ0) is 27.1. The summed E-state index contributed by atoms with van der Waals surface area (Å²) in [6, 6.07) is 6.92. The molecule has 0 fully saturated rings. The van der Waals surface area contributed by atoms with E-state index < -0.39 is 47.5 Å². The average molecular weight is 519 g/mol. The van der Waals surface area contributed by atoms with Gasteiger partial charge in [-0.2, -0.15) is 13.2 Å². The highest BCUT2D eigenvalue weighted by molar-refractivity contribution is 6.05. The molecule has 4 amide bonds. The van der Waals surface area contributed by atoms with E-state index in [4.69, 9.17) is 0 Å². The summed E-state index contributed by atoms with van der Waals surface area (Å²) in [5.74, 6) is -1.66. The molecular formula is C26H26F4N4O3. The van der Waals surface area contributed by atoms with Gasteiger partial charge >= 0.3 is 12.2 Å². The Balaban J connectivity index is 1.71. The first kappa shape index (κ1) is 26.2. The van der Waals surface area contributed by atoms with E-state index in [0.717, 1.165) is 6.07 Å². The van der Waals surface area contributed by atoms with Crippen molar-refractivity contribution in [2.24, 2.45) is 5.92 Å². The third-order valence-electron chi connectivity index (χ3n) is 6.45. The van der Waals surface area contributed by atoms with Crippen molar-refractivity contribution < 1.29 is 31.9 Å². The highest BCUT2D eigenvalue weighted by Crippen LogP contribution is 2.42. The number of anilines is 1. The van der Waals surface area contributed by atoms with E-state index in [9.17, 15) is 31.9 Å². The SMILES string of the molecule is CC(C)CC(C(=O)Nc1ccc(F)cc1)N1CC2=C(C1=O)C(c1ccccc1C(F)(F)F)NC(=O)N2C. The maximum Gasteiger partial charge on any atom is 0.416 e. The molecule has 4 rings (SSSR count). The number of carbonyl (C=O) groups excluding carboxylic acids is 3. The van der Waals surface area contributed by atoms with Crippen LogP contribution in [0.15, 0.2) is 59.8 Å². The first-order valence-electron chi connectivity index (χ1n) is 11.7. The van der Waals surface area contributed by atoms with Gasteiger partial charge in [-0.15, -0.1) is 0 Å². The van der Waals surface area contributed by atoms with Crippen LogP contribution in [-0.4, -0.2) is 47.3 Å². The largest absolute Gasteiger partial charge is 0.416 e. The predicted octanol–water partition coefficient (Wildman–Crippen LogP) is 4.69. The fourth-order valence-electron chi connectivity index (χ4n) is 4.66. The molecule has 7 nitrogen and oxygen atoms in total. The monoisotopic (exact) mass is 518 g/mol. The third kappa shape index (κ3) is 5.16. The van der Waals surface area contributed by atoms with Crippen LogP contribution in [0, 0.1) is 11.7 Å². The molecule has 2 aromatic rings. The summed E-state index contributed by atoms with van der Waals surface area (Å²) in [5.41, 5.74) is -0.664. The smallest absolute Gasteiger partial charge is 0.326 e. The van der Waals surface area contributed by atoms with Gasteiger partial charge in [-0.3, -0.25) is 14.5 Å². The Morgan fingerprint density at radius 1 is 1.11 bits per heavy atom. The van der Waals surface area contributed by atoms with Crippen molar-refractivity contribution in [3.8, 4) is 0 Å². The highest BCUT2D eigenvalue weighted by Gasteiger charge is 2.48. The molecular weight excluding hydrogens is 492 g/mol. The van der Waals surface area contributed by atoms with Crippen molar-refractivity contribution in [3.63, 3.8) is 0 Å². The molecule has 37 heavy (non-hydrogen) atoms. The molecule has 2 atom stereocenters. The van der Waals surface area contributed by atoms with Crippen molar-refractivity contribution in [2.45, 2.75) is 38.5 Å². The number of halogens is 4. The third-order valence-corrected chi connectivity index (χ3v) is 6.45. The summed E-state index contributed by atoms with van der Waals surface area (Å²) in [5, 5.41) is 5.20. The van der Waals surface area contributed by atoms with E-state index in [-0.39, 0.29) is 35.7 Å². The summed E-state index contributed by atoms with van der Waals surface area (Å²) in [4.78, 5) is 42.2. The number of hydrogen-bond acceptors (Lipinski definition) is 3. The van der Waals surface area contributed by atoms with Crippen LogP contribution in [0.3, 0.4) is 0 Å². The number of nitrogens with zero attached hydrogens (tertiary/aromatic N) is 2. The van der Waals surface area contributed by atoms with Gasteiger partial charge < -0.3 is 15.5 Å². The van der Waals surface area contributed by atoms with Crippen LogP contribution < -0.4 is 10.6 Å². The minimum atomic E-state index is -4.71. The van der Waals surface area contributed by atoms with E-state index in [0.29, 0.717) is 5.69 Å². The van der Waals surface area contributed by atoms with E-state index in [2.05, 4.69) is 10.6 Å². The van der Waals surface area contributed by atoms with Crippen molar-refractivity contribution >= 4 is 23.5 Å². The molecule has 0 bridgehead atoms. The van der Waals surface area contributed by atoms with Gasteiger partial charge in [0.15, 0.2) is 0 Å². The number of benzene rings is 2. The maximum absolute atomic E-state index is 13.8. The van der Waals surface area contributed by atoms with Crippen molar-refractivity contribution in [1.82, 2.24) is 15.1 Å². The van der Waals surface area contributed by atoms with E-state index in [1.54, 1.807) is 0 Å². The Morgan fingerprint density at radius 3 is 2.38 bits per heavy atom. The molecule has 0 saturated heterocycles. The van der Waals surface area contributed by atoms with Crippen LogP contribution in [0.1, 0.15) is 37.4 Å².